The molecule has 2 aromatic rings. The number of aromatic nitrogens is 3. The van der Waals surface area contributed by atoms with Gasteiger partial charge in [0.05, 0.1) is 32.4 Å². The summed E-state index contributed by atoms with van der Waals surface area (Å²) in [5.74, 6) is 0.300. The number of ether oxygens (including phenoxy) is 2. The minimum atomic E-state index is -0.180. The maximum Gasteiger partial charge on any atom is 0.252 e. The molecule has 0 spiro atoms. The first-order valence-corrected chi connectivity index (χ1v) is 6.63. The molecule has 0 aromatic carbocycles. The van der Waals surface area contributed by atoms with Crippen molar-refractivity contribution in [2.45, 2.75) is 6.54 Å². The highest BCUT2D eigenvalue weighted by Crippen LogP contribution is 2.06. The molecule has 7 nitrogen and oxygen atoms in total. The van der Waals surface area contributed by atoms with Gasteiger partial charge >= 0.3 is 0 Å². The number of methoxy groups -OCH3 is 1. The van der Waals surface area contributed by atoms with Crippen LogP contribution < -0.4 is 10.1 Å². The van der Waals surface area contributed by atoms with Crippen molar-refractivity contribution in [2.75, 3.05) is 26.9 Å². The summed E-state index contributed by atoms with van der Waals surface area (Å²) >= 11 is 0. The molecule has 7 heteroatoms. The van der Waals surface area contributed by atoms with Gasteiger partial charge in [-0.05, 0) is 12.1 Å². The predicted molar refractivity (Wildman–Crippen MR) is 76.2 cm³/mol. The topological polar surface area (TPSA) is 78.3 Å². The zero-order valence-electron chi connectivity index (χ0n) is 11.9. The largest absolute Gasteiger partial charge is 0.481 e. The first kappa shape index (κ1) is 15.0. The van der Waals surface area contributed by atoms with E-state index in [9.17, 15) is 4.79 Å². The van der Waals surface area contributed by atoms with Gasteiger partial charge in [0.25, 0.3) is 5.91 Å². The van der Waals surface area contributed by atoms with Gasteiger partial charge in [-0.1, -0.05) is 0 Å². The summed E-state index contributed by atoms with van der Waals surface area (Å²) in [6, 6.07) is 5.18. The lowest BCUT2D eigenvalue weighted by Crippen LogP contribution is -2.27. The highest BCUT2D eigenvalue weighted by atomic mass is 16.5. The number of carbonyl (C=O) groups excluding carboxylic acids is 1. The highest BCUT2D eigenvalue weighted by Gasteiger charge is 2.05. The Hall–Kier alpha value is -2.41. The molecule has 2 rings (SSSR count). The van der Waals surface area contributed by atoms with E-state index in [1.807, 2.05) is 12.3 Å². The third-order valence-electron chi connectivity index (χ3n) is 2.76. The van der Waals surface area contributed by atoms with Crippen molar-refractivity contribution in [1.82, 2.24) is 20.1 Å². The zero-order valence-corrected chi connectivity index (χ0v) is 11.9. The molecule has 2 aromatic heterocycles. The van der Waals surface area contributed by atoms with Gasteiger partial charge in [0.1, 0.15) is 0 Å². The van der Waals surface area contributed by atoms with Crippen molar-refractivity contribution in [1.29, 1.82) is 0 Å². The number of nitrogens with zero attached hydrogens (tertiary/aromatic N) is 3. The van der Waals surface area contributed by atoms with E-state index in [1.165, 1.54) is 13.3 Å². The molecule has 0 atom stereocenters. The average Bonchev–Trinajstić information content (AvgIpc) is 3.04. The number of rotatable bonds is 8. The Kier molecular flexibility index (Phi) is 5.71. The number of carbonyl (C=O) groups is 1. The second-order valence-corrected chi connectivity index (χ2v) is 4.23. The lowest BCUT2D eigenvalue weighted by Gasteiger charge is -2.07. The Bertz CT molecular complexity index is 540. The molecule has 1 amide bonds. The maximum absolute atomic E-state index is 11.8. The first-order chi connectivity index (χ1) is 10.3. The third-order valence-corrected chi connectivity index (χ3v) is 2.76. The van der Waals surface area contributed by atoms with Crippen LogP contribution in [0.25, 0.3) is 0 Å². The van der Waals surface area contributed by atoms with E-state index in [1.54, 1.807) is 23.0 Å². The summed E-state index contributed by atoms with van der Waals surface area (Å²) in [6.45, 7) is 2.16. The molecular weight excluding hydrogens is 272 g/mol. The van der Waals surface area contributed by atoms with Crippen LogP contribution in [0.5, 0.6) is 5.88 Å². The fourth-order valence-electron chi connectivity index (χ4n) is 1.67. The van der Waals surface area contributed by atoms with Crippen molar-refractivity contribution in [3.05, 3.63) is 42.4 Å². The molecule has 0 unspecified atom stereocenters. The van der Waals surface area contributed by atoms with Crippen LogP contribution in [0.2, 0.25) is 0 Å². The first-order valence-electron chi connectivity index (χ1n) is 6.63. The SMILES string of the molecule is COc1ccc(C(=O)NCCOCCn2cccn2)cn1. The molecule has 21 heavy (non-hydrogen) atoms. The van der Waals surface area contributed by atoms with E-state index in [-0.39, 0.29) is 5.91 Å². The highest BCUT2D eigenvalue weighted by molar-refractivity contribution is 5.93. The van der Waals surface area contributed by atoms with Crippen LogP contribution in [0.3, 0.4) is 0 Å². The van der Waals surface area contributed by atoms with Gasteiger partial charge in [-0.15, -0.1) is 0 Å². The summed E-state index contributed by atoms with van der Waals surface area (Å²) in [4.78, 5) is 15.8. The molecule has 2 heterocycles. The van der Waals surface area contributed by atoms with Crippen molar-refractivity contribution < 1.29 is 14.3 Å². The second kappa shape index (κ2) is 8.01. The lowest BCUT2D eigenvalue weighted by molar-refractivity contribution is 0.0905. The Morgan fingerprint density at radius 3 is 2.95 bits per heavy atom. The van der Waals surface area contributed by atoms with Gasteiger partial charge in [-0.25, -0.2) is 4.98 Å². The lowest BCUT2D eigenvalue weighted by atomic mass is 10.2. The van der Waals surface area contributed by atoms with E-state index in [4.69, 9.17) is 9.47 Å². The van der Waals surface area contributed by atoms with Gasteiger partial charge in [0.2, 0.25) is 5.88 Å². The molecule has 0 aliphatic carbocycles. The molecule has 0 saturated heterocycles. The van der Waals surface area contributed by atoms with Crippen molar-refractivity contribution in [2.24, 2.45) is 0 Å². The van der Waals surface area contributed by atoms with E-state index in [0.29, 0.717) is 37.7 Å². The van der Waals surface area contributed by atoms with E-state index in [2.05, 4.69) is 15.4 Å². The monoisotopic (exact) mass is 290 g/mol. The molecule has 1 N–H and O–H groups in total. The Balaban J connectivity index is 1.60. The van der Waals surface area contributed by atoms with Crippen LogP contribution in [0.1, 0.15) is 10.4 Å². The summed E-state index contributed by atoms with van der Waals surface area (Å²) in [6.07, 6.45) is 5.08. The van der Waals surface area contributed by atoms with Gasteiger partial charge < -0.3 is 14.8 Å². The smallest absolute Gasteiger partial charge is 0.252 e. The summed E-state index contributed by atoms with van der Waals surface area (Å²) in [7, 11) is 1.53. The minimum absolute atomic E-state index is 0.180. The van der Waals surface area contributed by atoms with Crippen LogP contribution >= 0.6 is 0 Å². The normalized spacial score (nSPS) is 10.3. The van der Waals surface area contributed by atoms with Gasteiger partial charge in [0.15, 0.2) is 0 Å². The molecule has 0 aliphatic heterocycles. The van der Waals surface area contributed by atoms with Crippen LogP contribution in [-0.2, 0) is 11.3 Å². The van der Waals surface area contributed by atoms with Gasteiger partial charge in [0, 0.05) is 31.2 Å². The van der Waals surface area contributed by atoms with E-state index < -0.39 is 0 Å². The quantitative estimate of drug-likeness (QED) is 0.725. The molecule has 0 fully saturated rings. The summed E-state index contributed by atoms with van der Waals surface area (Å²) in [5.41, 5.74) is 0.493. The Morgan fingerprint density at radius 1 is 1.38 bits per heavy atom. The standard InChI is InChI=1S/C14H18N4O3/c1-20-13-4-3-12(11-16-13)14(19)15-6-9-21-10-8-18-7-2-5-17-18/h2-5,7,11H,6,8-10H2,1H3,(H,15,19). The fourth-order valence-corrected chi connectivity index (χ4v) is 1.67. The van der Waals surface area contributed by atoms with Crippen LogP contribution in [-0.4, -0.2) is 47.5 Å². The number of nitrogens with one attached hydrogen (secondary N) is 1. The summed E-state index contributed by atoms with van der Waals surface area (Å²) in [5, 5.41) is 6.83. The van der Waals surface area contributed by atoms with Gasteiger partial charge in [-0.3, -0.25) is 9.48 Å². The van der Waals surface area contributed by atoms with Crippen LogP contribution in [0, 0.1) is 0 Å². The molecule has 0 aliphatic rings. The number of amides is 1. The second-order valence-electron chi connectivity index (χ2n) is 4.23. The predicted octanol–water partition coefficient (Wildman–Crippen LogP) is 0.733. The molecule has 0 saturated carbocycles. The van der Waals surface area contributed by atoms with E-state index in [0.717, 1.165) is 0 Å². The van der Waals surface area contributed by atoms with Crippen molar-refractivity contribution in [3.63, 3.8) is 0 Å². The fraction of sp³-hybridized carbons (Fsp3) is 0.357. The molecule has 0 radical (unpaired) electrons. The average molecular weight is 290 g/mol. The molecule has 112 valence electrons. The number of pyridine rings is 1. The van der Waals surface area contributed by atoms with Crippen molar-refractivity contribution >= 4 is 5.91 Å². The summed E-state index contributed by atoms with van der Waals surface area (Å²) < 4.78 is 12.1. The number of hydrogen-bond acceptors (Lipinski definition) is 5. The molecular formula is C14H18N4O3. The Morgan fingerprint density at radius 2 is 2.29 bits per heavy atom. The minimum Gasteiger partial charge on any atom is -0.481 e. The Labute approximate surface area is 122 Å². The maximum atomic E-state index is 11.8. The zero-order chi connectivity index (χ0) is 14.9. The number of hydrogen-bond donors (Lipinski definition) is 1. The van der Waals surface area contributed by atoms with E-state index >= 15 is 0 Å². The third kappa shape index (κ3) is 4.88. The van der Waals surface area contributed by atoms with Crippen LogP contribution in [0.4, 0.5) is 0 Å². The van der Waals surface area contributed by atoms with Crippen molar-refractivity contribution in [3.8, 4) is 5.88 Å². The van der Waals surface area contributed by atoms with Crippen LogP contribution in [0.15, 0.2) is 36.8 Å². The molecule has 0 bridgehead atoms. The van der Waals surface area contributed by atoms with Gasteiger partial charge in [-0.2, -0.15) is 5.10 Å².